The van der Waals surface area contributed by atoms with Gasteiger partial charge >= 0.3 is 5.25 Å². The van der Waals surface area contributed by atoms with E-state index in [9.17, 15) is 13.2 Å². The molecule has 0 spiro atoms. The zero-order chi connectivity index (χ0) is 16.3. The number of benzene rings is 2. The highest BCUT2D eigenvalue weighted by molar-refractivity contribution is 8.00. The number of aromatic nitrogens is 2. The van der Waals surface area contributed by atoms with Gasteiger partial charge in [0.1, 0.15) is 0 Å². The summed E-state index contributed by atoms with van der Waals surface area (Å²) >= 11 is 0.0952. The van der Waals surface area contributed by atoms with Crippen molar-refractivity contribution in [1.82, 2.24) is 9.97 Å². The Morgan fingerprint density at radius 2 is 1.48 bits per heavy atom. The number of nitrogens with one attached hydrogen (secondary N) is 1. The zero-order valence-corrected chi connectivity index (χ0v) is 12.8. The summed E-state index contributed by atoms with van der Waals surface area (Å²) in [5.74, 6) is 0. The molecule has 2 aromatic carbocycles. The second-order valence-electron chi connectivity index (χ2n) is 4.87. The SMILES string of the molecule is FCC(F)(F)Sc1nc(-c2ccccc2)c(-c2ccccc2)[nH]1. The van der Waals surface area contributed by atoms with E-state index in [1.165, 1.54) is 0 Å². The van der Waals surface area contributed by atoms with Gasteiger partial charge in [-0.2, -0.15) is 8.78 Å². The number of hydrogen-bond donors (Lipinski definition) is 1. The van der Waals surface area contributed by atoms with Crippen molar-refractivity contribution in [3.8, 4) is 22.5 Å². The number of imidazole rings is 1. The van der Waals surface area contributed by atoms with Crippen molar-refractivity contribution in [2.24, 2.45) is 0 Å². The molecule has 0 saturated carbocycles. The summed E-state index contributed by atoms with van der Waals surface area (Å²) in [6, 6.07) is 18.6. The van der Waals surface area contributed by atoms with Gasteiger partial charge in [-0.3, -0.25) is 0 Å². The highest BCUT2D eigenvalue weighted by Gasteiger charge is 2.32. The lowest BCUT2D eigenvalue weighted by atomic mass is 10.1. The number of rotatable bonds is 5. The molecule has 1 N–H and O–H groups in total. The summed E-state index contributed by atoms with van der Waals surface area (Å²) in [4.78, 5) is 7.14. The number of nitrogens with zero attached hydrogens (tertiary/aromatic N) is 1. The molecule has 0 bridgehead atoms. The lowest BCUT2D eigenvalue weighted by Crippen LogP contribution is -2.12. The second kappa shape index (κ2) is 6.50. The van der Waals surface area contributed by atoms with E-state index >= 15 is 0 Å². The van der Waals surface area contributed by atoms with Gasteiger partial charge in [-0.1, -0.05) is 60.7 Å². The first-order valence-electron chi connectivity index (χ1n) is 6.93. The summed E-state index contributed by atoms with van der Waals surface area (Å²) in [7, 11) is 0. The summed E-state index contributed by atoms with van der Waals surface area (Å²) < 4.78 is 39.0. The van der Waals surface area contributed by atoms with Gasteiger partial charge in [0.15, 0.2) is 11.8 Å². The van der Waals surface area contributed by atoms with Crippen molar-refractivity contribution in [3.05, 3.63) is 60.7 Å². The van der Waals surface area contributed by atoms with Gasteiger partial charge in [0.2, 0.25) is 0 Å². The number of aromatic amines is 1. The highest BCUT2D eigenvalue weighted by atomic mass is 32.2. The quantitative estimate of drug-likeness (QED) is 0.633. The molecule has 23 heavy (non-hydrogen) atoms. The number of thioether (sulfide) groups is 1. The molecular formula is C17H13F3N2S. The minimum Gasteiger partial charge on any atom is -0.332 e. The van der Waals surface area contributed by atoms with Crippen molar-refractivity contribution < 1.29 is 13.2 Å². The lowest BCUT2D eigenvalue weighted by molar-refractivity contribution is 0.0738. The van der Waals surface area contributed by atoms with E-state index in [4.69, 9.17) is 0 Å². The van der Waals surface area contributed by atoms with Gasteiger partial charge < -0.3 is 4.98 Å². The van der Waals surface area contributed by atoms with Crippen LogP contribution in [0.4, 0.5) is 13.2 Å². The Bertz CT molecular complexity index is 716. The van der Waals surface area contributed by atoms with E-state index in [-0.39, 0.29) is 16.9 Å². The third kappa shape index (κ3) is 3.59. The highest BCUT2D eigenvalue weighted by Crippen LogP contribution is 2.38. The van der Waals surface area contributed by atoms with Crippen LogP contribution >= 0.6 is 11.8 Å². The van der Waals surface area contributed by atoms with E-state index in [1.54, 1.807) is 0 Å². The third-order valence-corrected chi connectivity index (χ3v) is 3.99. The Hall–Kier alpha value is -2.21. The molecule has 6 heteroatoms. The molecule has 0 aliphatic carbocycles. The van der Waals surface area contributed by atoms with Crippen LogP contribution in [0, 0.1) is 0 Å². The van der Waals surface area contributed by atoms with Gasteiger partial charge in [0.05, 0.1) is 11.4 Å². The Morgan fingerprint density at radius 3 is 2.04 bits per heavy atom. The largest absolute Gasteiger partial charge is 0.332 e. The Morgan fingerprint density at radius 1 is 0.913 bits per heavy atom. The minimum atomic E-state index is -3.50. The Labute approximate surface area is 135 Å². The average molecular weight is 334 g/mol. The maximum atomic E-state index is 13.3. The molecule has 0 radical (unpaired) electrons. The molecule has 0 saturated heterocycles. The first kappa shape index (κ1) is 15.7. The summed E-state index contributed by atoms with van der Waals surface area (Å²) in [5.41, 5.74) is 2.83. The third-order valence-electron chi connectivity index (χ3n) is 3.19. The average Bonchev–Trinajstić information content (AvgIpc) is 2.99. The molecule has 0 aliphatic heterocycles. The Kier molecular flexibility index (Phi) is 4.43. The zero-order valence-electron chi connectivity index (χ0n) is 12.0. The summed E-state index contributed by atoms with van der Waals surface area (Å²) in [6.07, 6.45) is 0. The van der Waals surface area contributed by atoms with Crippen LogP contribution in [0.3, 0.4) is 0 Å². The van der Waals surface area contributed by atoms with Gasteiger partial charge in [-0.15, -0.1) is 0 Å². The van der Waals surface area contributed by atoms with Crippen LogP contribution in [0.5, 0.6) is 0 Å². The molecule has 0 unspecified atom stereocenters. The molecule has 3 aromatic rings. The molecular weight excluding hydrogens is 321 g/mol. The van der Waals surface area contributed by atoms with E-state index in [0.29, 0.717) is 11.4 Å². The van der Waals surface area contributed by atoms with Crippen LogP contribution in [0.25, 0.3) is 22.5 Å². The number of hydrogen-bond acceptors (Lipinski definition) is 2. The Balaban J connectivity index is 2.08. The van der Waals surface area contributed by atoms with Crippen molar-refractivity contribution in [1.29, 1.82) is 0 Å². The molecule has 1 heterocycles. The van der Waals surface area contributed by atoms with E-state index < -0.39 is 11.9 Å². The summed E-state index contributed by atoms with van der Waals surface area (Å²) in [6.45, 7) is -1.74. The minimum absolute atomic E-state index is 0.00893. The van der Waals surface area contributed by atoms with Crippen molar-refractivity contribution in [2.45, 2.75) is 10.4 Å². The van der Waals surface area contributed by atoms with Crippen LogP contribution < -0.4 is 0 Å². The first-order chi connectivity index (χ1) is 11.1. The van der Waals surface area contributed by atoms with Crippen molar-refractivity contribution in [3.63, 3.8) is 0 Å². The lowest BCUT2D eigenvalue weighted by Gasteiger charge is -2.08. The topological polar surface area (TPSA) is 28.7 Å². The van der Waals surface area contributed by atoms with Gasteiger partial charge in [0, 0.05) is 11.1 Å². The van der Waals surface area contributed by atoms with Crippen LogP contribution in [0.2, 0.25) is 0 Å². The molecule has 0 fully saturated rings. The van der Waals surface area contributed by atoms with Gasteiger partial charge in [0.25, 0.3) is 0 Å². The predicted molar refractivity (Wildman–Crippen MR) is 86.2 cm³/mol. The van der Waals surface area contributed by atoms with E-state index in [0.717, 1.165) is 11.1 Å². The van der Waals surface area contributed by atoms with Gasteiger partial charge in [-0.05, 0) is 11.8 Å². The monoisotopic (exact) mass is 334 g/mol. The molecule has 2 nitrogen and oxygen atoms in total. The molecule has 3 rings (SSSR count). The smallest absolute Gasteiger partial charge is 0.328 e. The maximum absolute atomic E-state index is 13.3. The first-order valence-corrected chi connectivity index (χ1v) is 7.74. The van der Waals surface area contributed by atoms with Crippen molar-refractivity contribution >= 4 is 11.8 Å². The fraction of sp³-hybridized carbons (Fsp3) is 0.118. The van der Waals surface area contributed by atoms with E-state index in [1.807, 2.05) is 60.7 Å². The van der Waals surface area contributed by atoms with Crippen molar-refractivity contribution in [2.75, 3.05) is 6.67 Å². The number of halogens is 3. The van der Waals surface area contributed by atoms with Crippen LogP contribution in [0.1, 0.15) is 0 Å². The number of alkyl halides is 3. The van der Waals surface area contributed by atoms with Crippen LogP contribution in [-0.4, -0.2) is 21.9 Å². The fourth-order valence-electron chi connectivity index (χ4n) is 2.19. The van der Waals surface area contributed by atoms with Crippen LogP contribution in [0.15, 0.2) is 65.8 Å². The van der Waals surface area contributed by atoms with Crippen LogP contribution in [-0.2, 0) is 0 Å². The molecule has 0 atom stereocenters. The molecule has 0 amide bonds. The molecule has 118 valence electrons. The molecule has 1 aromatic heterocycles. The predicted octanol–water partition coefficient (Wildman–Crippen LogP) is 5.40. The van der Waals surface area contributed by atoms with E-state index in [2.05, 4.69) is 9.97 Å². The maximum Gasteiger partial charge on any atom is 0.328 e. The fourth-order valence-corrected chi connectivity index (χ4v) is 2.81. The number of H-pyrrole nitrogens is 1. The van der Waals surface area contributed by atoms with Gasteiger partial charge in [-0.25, -0.2) is 9.37 Å². The second-order valence-corrected chi connectivity index (χ2v) is 6.06. The normalized spacial score (nSPS) is 11.6. The standard InChI is InChI=1S/C17H13F3N2S/c18-11-17(19,20)23-16-21-14(12-7-3-1-4-8-12)15(22-16)13-9-5-2-6-10-13/h1-10H,11H2,(H,21,22). The summed E-state index contributed by atoms with van der Waals surface area (Å²) in [5, 5.41) is -3.51. The molecule has 0 aliphatic rings.